The Labute approximate surface area is 225 Å². The number of aromatic nitrogens is 2. The largest absolute Gasteiger partial charge is 0.378 e. The zero-order valence-electron chi connectivity index (χ0n) is 21.3. The number of rotatable bonds is 6. The maximum absolute atomic E-state index is 13.3. The fraction of sp³-hybridized carbons (Fsp3) is 0.500. The molecule has 2 amide bonds. The number of halogens is 1. The van der Waals surface area contributed by atoms with Crippen LogP contribution in [0.1, 0.15) is 50.1 Å². The van der Waals surface area contributed by atoms with Gasteiger partial charge in [0.1, 0.15) is 11.9 Å². The minimum Gasteiger partial charge on any atom is -0.378 e. The van der Waals surface area contributed by atoms with Gasteiger partial charge in [0.2, 0.25) is 0 Å². The normalized spacial score (nSPS) is 23.1. The minimum absolute atomic E-state index is 0.0299. The lowest BCUT2D eigenvalue weighted by Crippen LogP contribution is -2.56. The summed E-state index contributed by atoms with van der Waals surface area (Å²) < 4.78 is 0. The smallest absolute Gasteiger partial charge is 0.280 e. The van der Waals surface area contributed by atoms with E-state index < -0.39 is 6.23 Å². The number of thiazole rings is 1. The monoisotopic (exact) mass is 544 g/mol. The van der Waals surface area contributed by atoms with Crippen LogP contribution in [0.5, 0.6) is 0 Å². The summed E-state index contributed by atoms with van der Waals surface area (Å²) in [5.74, 6) is -0.500. The van der Waals surface area contributed by atoms with Crippen LogP contribution >= 0.6 is 22.9 Å². The highest BCUT2D eigenvalue weighted by Crippen LogP contribution is 2.30. The summed E-state index contributed by atoms with van der Waals surface area (Å²) >= 11 is 7.55. The average molecular weight is 545 g/mol. The number of likely N-dealkylation sites (N-methyl/N-ethyl adjacent to an activating group) is 1. The summed E-state index contributed by atoms with van der Waals surface area (Å²) in [4.78, 5) is 39.4. The molecule has 1 aliphatic carbocycles. The van der Waals surface area contributed by atoms with E-state index in [2.05, 4.69) is 32.5 Å². The lowest BCUT2D eigenvalue weighted by atomic mass is 9.80. The summed E-state index contributed by atoms with van der Waals surface area (Å²) in [5, 5.41) is 18.9. The second-order valence-electron chi connectivity index (χ2n) is 10.4. The van der Waals surface area contributed by atoms with E-state index in [1.54, 1.807) is 17.0 Å². The molecule has 0 spiro atoms. The molecule has 4 atom stereocenters. The van der Waals surface area contributed by atoms with Crippen molar-refractivity contribution in [2.45, 2.75) is 50.5 Å². The molecular formula is C26H33ClN6O3S. The second-order valence-corrected chi connectivity index (χ2v) is 11.9. The first-order valence-corrected chi connectivity index (χ1v) is 13.8. The average Bonchev–Trinajstić information content (AvgIpc) is 3.48. The number of hydrogen-bond donors (Lipinski definition) is 4. The number of aliphatic hydroxyl groups excluding tert-OH is 1. The highest BCUT2D eigenvalue weighted by atomic mass is 35.5. The van der Waals surface area contributed by atoms with Gasteiger partial charge in [0.25, 0.3) is 11.8 Å². The Bertz CT molecular complexity index is 1310. The van der Waals surface area contributed by atoms with E-state index in [1.807, 2.05) is 26.2 Å². The number of hydrogen-bond acceptors (Lipinski definition) is 7. The third-order valence-corrected chi connectivity index (χ3v) is 8.73. The molecule has 0 saturated heterocycles. The first kappa shape index (κ1) is 26.1. The molecular weight excluding hydrogens is 512 g/mol. The van der Waals surface area contributed by atoms with Gasteiger partial charge in [0.05, 0.1) is 5.69 Å². The molecule has 4 N–H and O–H groups in total. The van der Waals surface area contributed by atoms with Crippen molar-refractivity contribution >= 4 is 45.7 Å². The van der Waals surface area contributed by atoms with E-state index in [-0.39, 0.29) is 29.8 Å². The lowest BCUT2D eigenvalue weighted by Gasteiger charge is -2.40. The molecule has 0 radical (unpaired) electrons. The van der Waals surface area contributed by atoms with Crippen LogP contribution in [0.15, 0.2) is 24.3 Å². The summed E-state index contributed by atoms with van der Waals surface area (Å²) in [6.45, 7) is 1.74. The molecule has 9 nitrogen and oxygen atoms in total. The van der Waals surface area contributed by atoms with Gasteiger partial charge in [-0.1, -0.05) is 11.6 Å². The minimum atomic E-state index is -0.631. The predicted molar refractivity (Wildman–Crippen MR) is 145 cm³/mol. The van der Waals surface area contributed by atoms with Crippen molar-refractivity contribution in [3.8, 4) is 0 Å². The van der Waals surface area contributed by atoms with Crippen molar-refractivity contribution in [1.29, 1.82) is 0 Å². The fourth-order valence-corrected chi connectivity index (χ4v) is 6.62. The Balaban J connectivity index is 1.33. The van der Waals surface area contributed by atoms with Crippen LogP contribution in [0, 0.1) is 5.92 Å². The van der Waals surface area contributed by atoms with Gasteiger partial charge < -0.3 is 25.6 Å². The van der Waals surface area contributed by atoms with Gasteiger partial charge in [0.15, 0.2) is 5.01 Å². The molecule has 2 aliphatic rings. The van der Waals surface area contributed by atoms with E-state index in [0.29, 0.717) is 28.6 Å². The van der Waals surface area contributed by atoms with Crippen LogP contribution in [-0.2, 0) is 13.0 Å². The van der Waals surface area contributed by atoms with Gasteiger partial charge in [-0.2, -0.15) is 0 Å². The second kappa shape index (κ2) is 10.7. The van der Waals surface area contributed by atoms with Gasteiger partial charge >= 0.3 is 0 Å². The van der Waals surface area contributed by atoms with Crippen LogP contribution in [0.2, 0.25) is 5.02 Å². The maximum Gasteiger partial charge on any atom is 0.280 e. The highest BCUT2D eigenvalue weighted by Gasteiger charge is 2.37. The van der Waals surface area contributed by atoms with Crippen molar-refractivity contribution in [3.63, 3.8) is 0 Å². The third kappa shape index (κ3) is 5.68. The van der Waals surface area contributed by atoms with E-state index in [9.17, 15) is 14.7 Å². The number of aromatic amines is 1. The molecule has 0 bridgehead atoms. The number of carbonyl (C=O) groups is 2. The van der Waals surface area contributed by atoms with Crippen molar-refractivity contribution in [1.82, 2.24) is 30.4 Å². The Hall–Kier alpha value is -2.50. The molecule has 1 saturated carbocycles. The Morgan fingerprint density at radius 3 is 2.78 bits per heavy atom. The SMILES string of the molecule is CN1CCc2nc(C(=O)N[C@@H]3CC[C@H](C(O)N(C)C)C[C@@H]3NC(=O)c3cc4cc(Cl)ccc4[nH]3)sc2C1. The Morgan fingerprint density at radius 2 is 2.00 bits per heavy atom. The number of aliphatic hydroxyl groups is 1. The number of nitrogens with one attached hydrogen (secondary N) is 3. The van der Waals surface area contributed by atoms with Crippen LogP contribution < -0.4 is 10.6 Å². The Morgan fingerprint density at radius 1 is 1.22 bits per heavy atom. The molecule has 11 heteroatoms. The molecule has 198 valence electrons. The zero-order chi connectivity index (χ0) is 26.3. The molecule has 1 fully saturated rings. The number of nitrogens with zero attached hydrogens (tertiary/aromatic N) is 3. The molecule has 3 heterocycles. The molecule has 5 rings (SSSR count). The highest BCUT2D eigenvalue weighted by molar-refractivity contribution is 7.13. The zero-order valence-corrected chi connectivity index (χ0v) is 22.8. The fourth-order valence-electron chi connectivity index (χ4n) is 5.35. The molecule has 1 aromatic carbocycles. The van der Waals surface area contributed by atoms with E-state index in [4.69, 9.17) is 11.6 Å². The van der Waals surface area contributed by atoms with Crippen molar-refractivity contribution in [2.24, 2.45) is 5.92 Å². The summed E-state index contributed by atoms with van der Waals surface area (Å²) in [6, 6.07) is 6.58. The van der Waals surface area contributed by atoms with Crippen molar-refractivity contribution < 1.29 is 14.7 Å². The Kier molecular flexibility index (Phi) is 7.56. The van der Waals surface area contributed by atoms with Gasteiger partial charge in [-0.15, -0.1) is 11.3 Å². The first-order valence-electron chi connectivity index (χ1n) is 12.6. The maximum atomic E-state index is 13.3. The third-order valence-electron chi connectivity index (χ3n) is 7.42. The number of fused-ring (bicyclic) bond motifs is 2. The van der Waals surface area contributed by atoms with Crippen LogP contribution in [0.4, 0.5) is 0 Å². The number of H-pyrrole nitrogens is 1. The predicted octanol–water partition coefficient (Wildman–Crippen LogP) is 2.84. The summed E-state index contributed by atoms with van der Waals surface area (Å²) in [5.41, 5.74) is 2.26. The number of benzene rings is 1. The summed E-state index contributed by atoms with van der Waals surface area (Å²) in [7, 11) is 5.74. The standard InChI is InChI=1S/C26H33ClN6O3S/c1-32(2)26(36)14-4-6-18(29-24(35)25-31-19-8-9-33(3)13-22(19)37-25)20(11-14)30-23(34)21-12-15-10-16(27)5-7-17(15)28-21/h5,7,10,12,14,18,20,26,28,36H,4,6,8-9,11,13H2,1-3H3,(H,29,35)(H,30,34)/t14-,18+,20-,26?/m0/s1. The van der Waals surface area contributed by atoms with Gasteiger partial charge in [0, 0.05) is 58.3 Å². The van der Waals surface area contributed by atoms with Gasteiger partial charge in [-0.3, -0.25) is 14.5 Å². The first-order chi connectivity index (χ1) is 17.7. The van der Waals surface area contributed by atoms with Crippen LogP contribution in [0.3, 0.4) is 0 Å². The van der Waals surface area contributed by atoms with Crippen LogP contribution in [0.25, 0.3) is 10.9 Å². The quantitative estimate of drug-likeness (QED) is 0.355. The molecule has 3 aromatic rings. The number of carbonyl (C=O) groups excluding carboxylic acids is 2. The molecule has 2 aromatic heterocycles. The number of amides is 2. The van der Waals surface area contributed by atoms with E-state index in [1.165, 1.54) is 11.3 Å². The van der Waals surface area contributed by atoms with E-state index >= 15 is 0 Å². The topological polar surface area (TPSA) is 114 Å². The van der Waals surface area contributed by atoms with Crippen LogP contribution in [-0.4, -0.2) is 82.7 Å². The summed E-state index contributed by atoms with van der Waals surface area (Å²) in [6.07, 6.45) is 2.14. The van der Waals surface area contributed by atoms with Crippen molar-refractivity contribution in [3.05, 3.63) is 50.6 Å². The van der Waals surface area contributed by atoms with Gasteiger partial charge in [-0.25, -0.2) is 4.98 Å². The molecule has 1 unspecified atom stereocenters. The lowest BCUT2D eigenvalue weighted by molar-refractivity contribution is -0.0298. The van der Waals surface area contributed by atoms with Gasteiger partial charge in [-0.05, 0) is 64.7 Å². The molecule has 1 aliphatic heterocycles. The molecule has 37 heavy (non-hydrogen) atoms. The van der Waals surface area contributed by atoms with E-state index in [0.717, 1.165) is 47.4 Å². The van der Waals surface area contributed by atoms with Crippen molar-refractivity contribution in [2.75, 3.05) is 27.7 Å².